The number of aryl methyl sites for hydroxylation is 1. The molecule has 2 aromatic carbocycles. The van der Waals surface area contributed by atoms with Crippen molar-refractivity contribution >= 4 is 17.7 Å². The van der Waals surface area contributed by atoms with E-state index < -0.39 is 5.91 Å². The molecule has 0 atom stereocenters. The van der Waals surface area contributed by atoms with Crippen LogP contribution >= 0.6 is 11.8 Å². The van der Waals surface area contributed by atoms with Gasteiger partial charge in [-0.05, 0) is 30.7 Å². The molecule has 1 amide bonds. The quantitative estimate of drug-likeness (QED) is 0.890. The lowest BCUT2D eigenvalue weighted by molar-refractivity contribution is 0.0997. The summed E-state index contributed by atoms with van der Waals surface area (Å²) >= 11 is 1.34. The molecule has 0 radical (unpaired) electrons. The molecule has 0 saturated carbocycles. The lowest BCUT2D eigenvalue weighted by atomic mass is 10.1. The summed E-state index contributed by atoms with van der Waals surface area (Å²) < 4.78 is 0. The Kier molecular flexibility index (Phi) is 3.58. The minimum atomic E-state index is -0.461. The molecule has 2 aromatic rings. The highest BCUT2D eigenvalue weighted by atomic mass is 32.2. The molecule has 0 aliphatic carbocycles. The number of aromatic hydroxyl groups is 1. The van der Waals surface area contributed by atoms with Crippen molar-refractivity contribution in [3.8, 4) is 5.75 Å². The highest BCUT2D eigenvalue weighted by molar-refractivity contribution is 7.99. The van der Waals surface area contributed by atoms with Crippen LogP contribution in [-0.2, 0) is 0 Å². The minimum absolute atomic E-state index is 0.196. The third-order valence-corrected chi connectivity index (χ3v) is 3.87. The molecule has 0 spiro atoms. The first-order valence-corrected chi connectivity index (χ1v) is 6.26. The van der Waals surface area contributed by atoms with Gasteiger partial charge in [0.05, 0.1) is 10.5 Å². The van der Waals surface area contributed by atoms with Crippen LogP contribution in [0.4, 0.5) is 0 Å². The van der Waals surface area contributed by atoms with Gasteiger partial charge < -0.3 is 10.8 Å². The Morgan fingerprint density at radius 2 is 1.89 bits per heavy atom. The van der Waals surface area contributed by atoms with Gasteiger partial charge in [-0.15, -0.1) is 0 Å². The summed E-state index contributed by atoms with van der Waals surface area (Å²) in [6.45, 7) is 1.91. The molecule has 3 N–H and O–H groups in total. The van der Waals surface area contributed by atoms with Crippen molar-refractivity contribution in [3.63, 3.8) is 0 Å². The van der Waals surface area contributed by atoms with Crippen molar-refractivity contribution in [3.05, 3.63) is 53.6 Å². The molecule has 2 rings (SSSR count). The average Bonchev–Trinajstić information content (AvgIpc) is 2.34. The zero-order valence-corrected chi connectivity index (χ0v) is 10.7. The number of hydrogen-bond acceptors (Lipinski definition) is 3. The average molecular weight is 259 g/mol. The molecular formula is C14H13NO2S. The first-order valence-electron chi connectivity index (χ1n) is 5.45. The molecule has 0 saturated heterocycles. The third kappa shape index (κ3) is 2.49. The van der Waals surface area contributed by atoms with Gasteiger partial charge in [0.1, 0.15) is 5.75 Å². The molecule has 0 aliphatic rings. The van der Waals surface area contributed by atoms with Gasteiger partial charge in [0.15, 0.2) is 0 Å². The maximum Gasteiger partial charge on any atom is 0.249 e. The lowest BCUT2D eigenvalue weighted by Gasteiger charge is -2.10. The number of carbonyl (C=O) groups is 1. The Bertz CT molecular complexity index is 596. The van der Waals surface area contributed by atoms with E-state index in [9.17, 15) is 9.90 Å². The molecule has 0 fully saturated rings. The maximum absolute atomic E-state index is 11.4. The van der Waals surface area contributed by atoms with Crippen LogP contribution in [0.3, 0.4) is 0 Å². The number of benzene rings is 2. The Morgan fingerprint density at radius 1 is 1.17 bits per heavy atom. The van der Waals surface area contributed by atoms with Crippen LogP contribution in [0.1, 0.15) is 15.9 Å². The summed E-state index contributed by atoms with van der Waals surface area (Å²) in [4.78, 5) is 12.9. The Hall–Kier alpha value is -1.94. The SMILES string of the molecule is Cc1cccc(C(N)=O)c1Sc1ccccc1O. The first kappa shape index (κ1) is 12.5. The van der Waals surface area contributed by atoms with E-state index in [0.717, 1.165) is 10.5 Å². The fraction of sp³-hybridized carbons (Fsp3) is 0.0714. The van der Waals surface area contributed by atoms with E-state index in [-0.39, 0.29) is 5.75 Å². The molecule has 0 bridgehead atoms. The van der Waals surface area contributed by atoms with Crippen LogP contribution in [0.5, 0.6) is 5.75 Å². The van der Waals surface area contributed by atoms with E-state index in [1.165, 1.54) is 11.8 Å². The highest BCUT2D eigenvalue weighted by Gasteiger charge is 2.13. The van der Waals surface area contributed by atoms with Gasteiger partial charge in [-0.2, -0.15) is 0 Å². The molecule has 0 aliphatic heterocycles. The second kappa shape index (κ2) is 5.14. The van der Waals surface area contributed by atoms with Crippen LogP contribution in [0.2, 0.25) is 0 Å². The van der Waals surface area contributed by atoms with Gasteiger partial charge in [0.2, 0.25) is 5.91 Å². The van der Waals surface area contributed by atoms with Crippen molar-refractivity contribution in [2.24, 2.45) is 5.73 Å². The molecular weight excluding hydrogens is 246 g/mol. The van der Waals surface area contributed by atoms with Crippen LogP contribution < -0.4 is 5.73 Å². The predicted octanol–water partition coefficient (Wildman–Crippen LogP) is 2.95. The second-order valence-corrected chi connectivity index (χ2v) is 4.94. The van der Waals surface area contributed by atoms with E-state index in [0.29, 0.717) is 10.5 Å². The fourth-order valence-corrected chi connectivity index (χ4v) is 2.68. The smallest absolute Gasteiger partial charge is 0.249 e. The van der Waals surface area contributed by atoms with E-state index >= 15 is 0 Å². The number of hydrogen-bond donors (Lipinski definition) is 2. The van der Waals surface area contributed by atoms with Gasteiger partial charge >= 0.3 is 0 Å². The fourth-order valence-electron chi connectivity index (χ4n) is 1.64. The monoisotopic (exact) mass is 259 g/mol. The van der Waals surface area contributed by atoms with E-state index in [2.05, 4.69) is 0 Å². The summed E-state index contributed by atoms with van der Waals surface area (Å²) in [6, 6.07) is 12.4. The van der Waals surface area contributed by atoms with E-state index in [1.807, 2.05) is 19.1 Å². The van der Waals surface area contributed by atoms with E-state index in [4.69, 9.17) is 5.73 Å². The molecule has 3 nitrogen and oxygen atoms in total. The van der Waals surface area contributed by atoms with Gasteiger partial charge in [-0.25, -0.2) is 0 Å². The summed E-state index contributed by atoms with van der Waals surface area (Å²) in [5, 5.41) is 9.76. The summed E-state index contributed by atoms with van der Waals surface area (Å²) in [7, 11) is 0. The van der Waals surface area contributed by atoms with Gasteiger partial charge in [0, 0.05) is 4.90 Å². The number of rotatable bonds is 3. The lowest BCUT2D eigenvalue weighted by Crippen LogP contribution is -2.12. The molecule has 4 heteroatoms. The largest absolute Gasteiger partial charge is 0.507 e. The Balaban J connectivity index is 2.46. The Morgan fingerprint density at radius 3 is 2.56 bits per heavy atom. The number of phenols is 1. The Labute approximate surface area is 110 Å². The van der Waals surface area contributed by atoms with Crippen molar-refractivity contribution in [1.82, 2.24) is 0 Å². The molecule has 18 heavy (non-hydrogen) atoms. The summed E-state index contributed by atoms with van der Waals surface area (Å²) in [5.41, 5.74) is 6.79. The number of phenolic OH excluding ortho intramolecular Hbond substituents is 1. The summed E-state index contributed by atoms with van der Waals surface area (Å²) in [6.07, 6.45) is 0. The molecule has 0 heterocycles. The number of carbonyl (C=O) groups excluding carboxylic acids is 1. The summed E-state index contributed by atoms with van der Waals surface area (Å²) in [5.74, 6) is -0.266. The topological polar surface area (TPSA) is 63.3 Å². The molecule has 92 valence electrons. The minimum Gasteiger partial charge on any atom is -0.507 e. The number of amides is 1. The third-order valence-electron chi connectivity index (χ3n) is 2.55. The zero-order chi connectivity index (χ0) is 13.1. The normalized spacial score (nSPS) is 10.3. The van der Waals surface area contributed by atoms with Crippen LogP contribution in [0.15, 0.2) is 52.3 Å². The zero-order valence-electron chi connectivity index (χ0n) is 9.88. The first-order chi connectivity index (χ1) is 8.59. The number of para-hydroxylation sites is 1. The van der Waals surface area contributed by atoms with Crippen molar-refractivity contribution in [2.75, 3.05) is 0 Å². The maximum atomic E-state index is 11.4. The van der Waals surface area contributed by atoms with Crippen molar-refractivity contribution < 1.29 is 9.90 Å². The van der Waals surface area contributed by atoms with Crippen LogP contribution in [-0.4, -0.2) is 11.0 Å². The molecule has 0 aromatic heterocycles. The van der Waals surface area contributed by atoms with Crippen LogP contribution in [0.25, 0.3) is 0 Å². The number of nitrogens with two attached hydrogens (primary N) is 1. The van der Waals surface area contributed by atoms with Crippen molar-refractivity contribution in [2.45, 2.75) is 16.7 Å². The van der Waals surface area contributed by atoms with Crippen molar-refractivity contribution in [1.29, 1.82) is 0 Å². The highest BCUT2D eigenvalue weighted by Crippen LogP contribution is 2.37. The van der Waals surface area contributed by atoms with Gasteiger partial charge in [0.25, 0.3) is 0 Å². The molecule has 0 unspecified atom stereocenters. The standard InChI is InChI=1S/C14H13NO2S/c1-9-5-4-6-10(14(15)17)13(9)18-12-8-3-2-7-11(12)16/h2-8,16H,1H3,(H2,15,17). The van der Waals surface area contributed by atoms with Gasteiger partial charge in [-0.1, -0.05) is 36.0 Å². The van der Waals surface area contributed by atoms with Gasteiger partial charge in [-0.3, -0.25) is 4.79 Å². The van der Waals surface area contributed by atoms with Crippen LogP contribution in [0, 0.1) is 6.92 Å². The second-order valence-electron chi connectivity index (χ2n) is 3.89. The number of primary amides is 1. The van der Waals surface area contributed by atoms with E-state index in [1.54, 1.807) is 30.3 Å². The predicted molar refractivity (Wildman–Crippen MR) is 71.9 cm³/mol.